The summed E-state index contributed by atoms with van der Waals surface area (Å²) in [6, 6.07) is 12.6. The summed E-state index contributed by atoms with van der Waals surface area (Å²) in [6.07, 6.45) is 0. The molecule has 0 atom stereocenters. The maximum atomic E-state index is 4.45. The number of benzene rings is 1. The van der Waals surface area contributed by atoms with E-state index in [4.69, 9.17) is 0 Å². The minimum Gasteiger partial charge on any atom is -0.282 e. The lowest BCUT2D eigenvalue weighted by molar-refractivity contribution is 0.811. The van der Waals surface area contributed by atoms with E-state index in [9.17, 15) is 0 Å². The first kappa shape index (κ1) is 13.5. The van der Waals surface area contributed by atoms with E-state index in [1.54, 1.807) is 23.1 Å². The molecule has 0 aliphatic heterocycles. The molecule has 1 aromatic carbocycles. The van der Waals surface area contributed by atoms with Crippen molar-refractivity contribution < 1.29 is 0 Å². The topological polar surface area (TPSA) is 28.7 Å². The lowest BCUT2D eigenvalue weighted by atomic mass is 10.1. The third-order valence-corrected chi connectivity index (χ3v) is 5.05. The van der Waals surface area contributed by atoms with Gasteiger partial charge >= 0.3 is 0 Å². The fourth-order valence-electron chi connectivity index (χ4n) is 1.94. The van der Waals surface area contributed by atoms with E-state index < -0.39 is 0 Å². The van der Waals surface area contributed by atoms with E-state index in [1.165, 1.54) is 21.0 Å². The second kappa shape index (κ2) is 5.85. The highest BCUT2D eigenvalue weighted by molar-refractivity contribution is 7.99. The van der Waals surface area contributed by atoms with Gasteiger partial charge in [-0.15, -0.1) is 0 Å². The molecule has 20 heavy (non-hydrogen) atoms. The van der Waals surface area contributed by atoms with Gasteiger partial charge in [0.05, 0.1) is 5.69 Å². The molecule has 0 unspecified atom stereocenters. The molecule has 0 saturated carbocycles. The van der Waals surface area contributed by atoms with E-state index in [0.717, 1.165) is 5.69 Å². The fraction of sp³-hybridized carbons (Fsp3) is 0.188. The Morgan fingerprint density at radius 2 is 1.95 bits per heavy atom. The lowest BCUT2D eigenvalue weighted by Gasteiger charge is -2.01. The van der Waals surface area contributed by atoms with Gasteiger partial charge in [-0.2, -0.15) is 16.4 Å². The number of aromatic amines is 1. The third-order valence-electron chi connectivity index (χ3n) is 3.09. The Hall–Kier alpha value is -1.52. The molecule has 102 valence electrons. The van der Waals surface area contributed by atoms with Gasteiger partial charge in [-0.1, -0.05) is 43.8 Å². The second-order valence-corrected chi connectivity index (χ2v) is 6.79. The van der Waals surface area contributed by atoms with Crippen LogP contribution in [0, 0.1) is 0 Å². The van der Waals surface area contributed by atoms with Gasteiger partial charge in [0.15, 0.2) is 0 Å². The lowest BCUT2D eigenvalue weighted by Crippen LogP contribution is -1.85. The van der Waals surface area contributed by atoms with Crippen LogP contribution in [0.3, 0.4) is 0 Å². The zero-order valence-electron chi connectivity index (χ0n) is 11.5. The van der Waals surface area contributed by atoms with E-state index >= 15 is 0 Å². The minimum atomic E-state index is 0.472. The fourth-order valence-corrected chi connectivity index (χ4v) is 3.89. The number of nitrogens with one attached hydrogen (secondary N) is 1. The molecular formula is C16H16N2S2. The number of hydrogen-bond donors (Lipinski definition) is 1. The largest absolute Gasteiger partial charge is 0.282 e. The van der Waals surface area contributed by atoms with E-state index in [2.05, 4.69) is 65.1 Å². The molecule has 0 spiro atoms. The van der Waals surface area contributed by atoms with Gasteiger partial charge in [0.2, 0.25) is 0 Å². The minimum absolute atomic E-state index is 0.472. The summed E-state index contributed by atoms with van der Waals surface area (Å²) in [7, 11) is 0. The van der Waals surface area contributed by atoms with E-state index in [0.29, 0.717) is 5.92 Å². The number of nitrogens with zero attached hydrogens (tertiary/aromatic N) is 1. The molecule has 0 aliphatic carbocycles. The van der Waals surface area contributed by atoms with Crippen molar-refractivity contribution in [3.63, 3.8) is 0 Å². The zero-order chi connectivity index (χ0) is 13.9. The predicted octanol–water partition coefficient (Wildman–Crippen LogP) is 5.41. The summed E-state index contributed by atoms with van der Waals surface area (Å²) in [6.45, 7) is 4.34. The van der Waals surface area contributed by atoms with Crippen molar-refractivity contribution >= 4 is 23.1 Å². The maximum absolute atomic E-state index is 4.45. The molecule has 2 heterocycles. The number of rotatable bonds is 4. The summed E-state index contributed by atoms with van der Waals surface area (Å²) >= 11 is 3.51. The molecule has 0 amide bonds. The Morgan fingerprint density at radius 3 is 2.65 bits per heavy atom. The average molecular weight is 300 g/mol. The highest BCUT2D eigenvalue weighted by Gasteiger charge is 2.12. The zero-order valence-corrected chi connectivity index (χ0v) is 13.1. The number of thiophene rings is 1. The Balaban J connectivity index is 1.89. The van der Waals surface area contributed by atoms with Crippen LogP contribution in [-0.2, 0) is 0 Å². The van der Waals surface area contributed by atoms with Gasteiger partial charge < -0.3 is 0 Å². The van der Waals surface area contributed by atoms with Crippen LogP contribution in [-0.4, -0.2) is 10.2 Å². The van der Waals surface area contributed by atoms with Gasteiger partial charge in [0, 0.05) is 31.8 Å². The van der Waals surface area contributed by atoms with Crippen molar-refractivity contribution in [3.05, 3.63) is 52.9 Å². The molecule has 3 rings (SSSR count). The van der Waals surface area contributed by atoms with Crippen LogP contribution < -0.4 is 0 Å². The van der Waals surface area contributed by atoms with Gasteiger partial charge in [-0.25, -0.2) is 0 Å². The van der Waals surface area contributed by atoms with Crippen molar-refractivity contribution in [1.29, 1.82) is 0 Å². The normalized spacial score (nSPS) is 11.2. The van der Waals surface area contributed by atoms with Crippen LogP contribution in [0.1, 0.15) is 25.5 Å². The second-order valence-electron chi connectivity index (χ2n) is 4.93. The summed E-state index contributed by atoms with van der Waals surface area (Å²) in [5.41, 5.74) is 3.43. The van der Waals surface area contributed by atoms with Gasteiger partial charge in [0.25, 0.3) is 0 Å². The van der Waals surface area contributed by atoms with Crippen LogP contribution in [0.15, 0.2) is 56.9 Å². The summed E-state index contributed by atoms with van der Waals surface area (Å²) in [4.78, 5) is 2.52. The molecule has 2 nitrogen and oxygen atoms in total. The van der Waals surface area contributed by atoms with Gasteiger partial charge in [-0.05, 0) is 24.1 Å². The first-order valence-corrected chi connectivity index (χ1v) is 8.34. The van der Waals surface area contributed by atoms with Crippen LogP contribution in [0.25, 0.3) is 11.3 Å². The molecule has 0 radical (unpaired) electrons. The number of aromatic nitrogens is 2. The molecular weight excluding hydrogens is 284 g/mol. The molecule has 4 heteroatoms. The van der Waals surface area contributed by atoms with Crippen molar-refractivity contribution in [3.8, 4) is 11.3 Å². The van der Waals surface area contributed by atoms with Crippen LogP contribution >= 0.6 is 23.1 Å². The molecule has 0 bridgehead atoms. The molecule has 0 saturated heterocycles. The molecule has 1 N–H and O–H groups in total. The monoisotopic (exact) mass is 300 g/mol. The van der Waals surface area contributed by atoms with Gasteiger partial charge in [-0.3, -0.25) is 5.10 Å². The first-order valence-electron chi connectivity index (χ1n) is 6.59. The van der Waals surface area contributed by atoms with Crippen LogP contribution in [0.5, 0.6) is 0 Å². The van der Waals surface area contributed by atoms with Crippen molar-refractivity contribution in [2.45, 2.75) is 29.6 Å². The molecule has 3 aromatic rings. The number of H-pyrrole nitrogens is 1. The van der Waals surface area contributed by atoms with E-state index in [-0.39, 0.29) is 0 Å². The van der Waals surface area contributed by atoms with Crippen LogP contribution in [0.2, 0.25) is 0 Å². The molecule has 2 aromatic heterocycles. The molecule has 0 aliphatic rings. The van der Waals surface area contributed by atoms with E-state index in [1.807, 2.05) is 6.07 Å². The summed E-state index contributed by atoms with van der Waals surface area (Å²) < 4.78 is 0. The molecule has 0 fully saturated rings. The highest BCUT2D eigenvalue weighted by atomic mass is 32.2. The SMILES string of the molecule is CC(C)c1cc(-c2cscc2Sc2ccccc2)n[nH]1. The van der Waals surface area contributed by atoms with Crippen molar-refractivity contribution in [2.24, 2.45) is 0 Å². The van der Waals surface area contributed by atoms with Crippen molar-refractivity contribution in [1.82, 2.24) is 10.2 Å². The quantitative estimate of drug-likeness (QED) is 0.697. The third kappa shape index (κ3) is 2.81. The Kier molecular flexibility index (Phi) is 3.94. The Labute approximate surface area is 127 Å². The average Bonchev–Trinajstić information content (AvgIpc) is 3.08. The van der Waals surface area contributed by atoms with Crippen molar-refractivity contribution in [2.75, 3.05) is 0 Å². The predicted molar refractivity (Wildman–Crippen MR) is 86.6 cm³/mol. The summed E-state index contributed by atoms with van der Waals surface area (Å²) in [5.74, 6) is 0.472. The smallest absolute Gasteiger partial charge is 0.0943 e. The summed E-state index contributed by atoms with van der Waals surface area (Å²) in [5, 5.41) is 11.9. The number of hydrogen-bond acceptors (Lipinski definition) is 3. The van der Waals surface area contributed by atoms with Crippen LogP contribution in [0.4, 0.5) is 0 Å². The van der Waals surface area contributed by atoms with Gasteiger partial charge in [0.1, 0.15) is 0 Å². The standard InChI is InChI=1S/C16H16N2S2/c1-11(2)14-8-15(18-17-14)13-9-19-10-16(13)20-12-6-4-3-5-7-12/h3-11H,1-2H3,(H,17,18). The maximum Gasteiger partial charge on any atom is 0.0943 e. The highest BCUT2D eigenvalue weighted by Crippen LogP contribution is 2.38. The Morgan fingerprint density at radius 1 is 1.15 bits per heavy atom. The Bertz CT molecular complexity index is 683. The first-order chi connectivity index (χ1) is 9.74.